The van der Waals surface area contributed by atoms with Crippen molar-refractivity contribution in [2.24, 2.45) is 0 Å². The fourth-order valence-electron chi connectivity index (χ4n) is 2.10. The molecule has 0 fully saturated rings. The highest BCUT2D eigenvalue weighted by atomic mass is 16.1. The molecule has 2 rings (SSSR count). The fourth-order valence-corrected chi connectivity index (χ4v) is 2.10. The Labute approximate surface area is 119 Å². The van der Waals surface area contributed by atoms with Gasteiger partial charge < -0.3 is 5.32 Å². The lowest BCUT2D eigenvalue weighted by Crippen LogP contribution is -2.33. The number of aromatic nitrogens is 2. The molecule has 4 heteroatoms. The molecule has 4 nitrogen and oxygen atoms in total. The van der Waals surface area contributed by atoms with Gasteiger partial charge in [0.1, 0.15) is 0 Å². The standard InChI is InChI=1S/C16H21N3O/c1-3-15(4-2)18-16(20)14-8-6-13(7-9-14)12-19-11-5-10-17-19/h5-11,15H,3-4,12H2,1-2H3,(H,18,20). The molecule has 0 aliphatic heterocycles. The van der Waals surface area contributed by atoms with Crippen LogP contribution in [0.25, 0.3) is 0 Å². The van der Waals surface area contributed by atoms with Crippen molar-refractivity contribution in [1.29, 1.82) is 0 Å². The summed E-state index contributed by atoms with van der Waals surface area (Å²) in [6.45, 7) is 4.89. The molecule has 0 unspecified atom stereocenters. The maximum Gasteiger partial charge on any atom is 0.251 e. The predicted molar refractivity (Wildman–Crippen MR) is 79.6 cm³/mol. The van der Waals surface area contributed by atoms with E-state index in [1.54, 1.807) is 6.20 Å². The van der Waals surface area contributed by atoms with Gasteiger partial charge in [-0.05, 0) is 36.6 Å². The minimum Gasteiger partial charge on any atom is -0.349 e. The van der Waals surface area contributed by atoms with E-state index in [0.717, 1.165) is 24.9 Å². The zero-order valence-corrected chi connectivity index (χ0v) is 12.0. The molecule has 0 bridgehead atoms. The molecule has 1 amide bonds. The summed E-state index contributed by atoms with van der Waals surface area (Å²) >= 11 is 0. The Balaban J connectivity index is 1.98. The van der Waals surface area contributed by atoms with Crippen LogP contribution in [0.5, 0.6) is 0 Å². The van der Waals surface area contributed by atoms with Crippen molar-refractivity contribution >= 4 is 5.91 Å². The summed E-state index contributed by atoms with van der Waals surface area (Å²) in [5.74, 6) is 0.00402. The van der Waals surface area contributed by atoms with Gasteiger partial charge in [0.25, 0.3) is 5.91 Å². The van der Waals surface area contributed by atoms with E-state index in [2.05, 4.69) is 24.3 Å². The first-order valence-corrected chi connectivity index (χ1v) is 7.10. The number of hydrogen-bond donors (Lipinski definition) is 1. The highest BCUT2D eigenvalue weighted by Crippen LogP contribution is 2.07. The van der Waals surface area contributed by atoms with Crippen molar-refractivity contribution in [3.05, 3.63) is 53.9 Å². The lowest BCUT2D eigenvalue weighted by atomic mass is 10.1. The molecule has 0 saturated carbocycles. The first-order chi connectivity index (χ1) is 9.72. The molecule has 1 aromatic carbocycles. The summed E-state index contributed by atoms with van der Waals surface area (Å²) in [4.78, 5) is 12.1. The Morgan fingerprint density at radius 3 is 2.50 bits per heavy atom. The van der Waals surface area contributed by atoms with Gasteiger partial charge in [0.15, 0.2) is 0 Å². The Morgan fingerprint density at radius 2 is 1.95 bits per heavy atom. The van der Waals surface area contributed by atoms with Crippen LogP contribution < -0.4 is 5.32 Å². The van der Waals surface area contributed by atoms with E-state index < -0.39 is 0 Å². The van der Waals surface area contributed by atoms with E-state index in [9.17, 15) is 4.79 Å². The molecule has 0 spiro atoms. The number of nitrogens with one attached hydrogen (secondary N) is 1. The maximum atomic E-state index is 12.1. The Morgan fingerprint density at radius 1 is 1.25 bits per heavy atom. The third kappa shape index (κ3) is 3.70. The van der Waals surface area contributed by atoms with Crippen molar-refractivity contribution in [2.75, 3.05) is 0 Å². The van der Waals surface area contributed by atoms with Gasteiger partial charge in [0.05, 0.1) is 6.54 Å². The van der Waals surface area contributed by atoms with Crippen LogP contribution in [-0.4, -0.2) is 21.7 Å². The first kappa shape index (κ1) is 14.3. The number of rotatable bonds is 6. The third-order valence-corrected chi connectivity index (χ3v) is 3.44. The lowest BCUT2D eigenvalue weighted by molar-refractivity contribution is 0.0935. The van der Waals surface area contributed by atoms with Crippen LogP contribution >= 0.6 is 0 Å². The number of carbonyl (C=O) groups excluding carboxylic acids is 1. The second-order valence-corrected chi connectivity index (χ2v) is 4.89. The number of benzene rings is 1. The highest BCUT2D eigenvalue weighted by molar-refractivity contribution is 5.94. The Bertz CT molecular complexity index is 527. The SMILES string of the molecule is CCC(CC)NC(=O)c1ccc(Cn2cccn2)cc1. The molecule has 1 N–H and O–H groups in total. The molecule has 0 radical (unpaired) electrons. The second kappa shape index (κ2) is 6.89. The van der Waals surface area contributed by atoms with Gasteiger partial charge in [-0.3, -0.25) is 9.48 Å². The van der Waals surface area contributed by atoms with Gasteiger partial charge in [0, 0.05) is 24.0 Å². The van der Waals surface area contributed by atoms with E-state index in [4.69, 9.17) is 0 Å². The van der Waals surface area contributed by atoms with Crippen molar-refractivity contribution in [3.8, 4) is 0 Å². The maximum absolute atomic E-state index is 12.1. The number of carbonyl (C=O) groups is 1. The van der Waals surface area contributed by atoms with E-state index >= 15 is 0 Å². The van der Waals surface area contributed by atoms with Gasteiger partial charge in [0.2, 0.25) is 0 Å². The minimum atomic E-state index is 0.00402. The molecular weight excluding hydrogens is 250 g/mol. The van der Waals surface area contributed by atoms with Gasteiger partial charge >= 0.3 is 0 Å². The fraction of sp³-hybridized carbons (Fsp3) is 0.375. The van der Waals surface area contributed by atoms with Crippen LogP contribution in [0.4, 0.5) is 0 Å². The van der Waals surface area contributed by atoms with Crippen molar-refractivity contribution in [1.82, 2.24) is 15.1 Å². The third-order valence-electron chi connectivity index (χ3n) is 3.44. The van der Waals surface area contributed by atoms with E-state index in [-0.39, 0.29) is 11.9 Å². The topological polar surface area (TPSA) is 46.9 Å². The number of amides is 1. The van der Waals surface area contributed by atoms with Gasteiger partial charge in [-0.2, -0.15) is 5.10 Å². The quantitative estimate of drug-likeness (QED) is 0.878. The first-order valence-electron chi connectivity index (χ1n) is 7.10. The predicted octanol–water partition coefficient (Wildman–Crippen LogP) is 2.85. The Kier molecular flexibility index (Phi) is 4.93. The minimum absolute atomic E-state index is 0.00402. The lowest BCUT2D eigenvalue weighted by Gasteiger charge is -2.14. The smallest absolute Gasteiger partial charge is 0.251 e. The molecule has 0 aliphatic rings. The number of hydrogen-bond acceptors (Lipinski definition) is 2. The van der Waals surface area contributed by atoms with E-state index in [1.807, 2.05) is 41.2 Å². The summed E-state index contributed by atoms with van der Waals surface area (Å²) in [6.07, 6.45) is 5.60. The van der Waals surface area contributed by atoms with Gasteiger partial charge in [-0.15, -0.1) is 0 Å². The largest absolute Gasteiger partial charge is 0.349 e. The normalized spacial score (nSPS) is 10.8. The van der Waals surface area contributed by atoms with Crippen LogP contribution in [0.2, 0.25) is 0 Å². The molecular formula is C16H21N3O. The molecule has 1 aromatic heterocycles. The Hall–Kier alpha value is -2.10. The number of nitrogens with zero attached hydrogens (tertiary/aromatic N) is 2. The monoisotopic (exact) mass is 271 g/mol. The summed E-state index contributed by atoms with van der Waals surface area (Å²) in [5.41, 5.74) is 1.84. The van der Waals surface area contributed by atoms with Crippen LogP contribution in [0, 0.1) is 0 Å². The molecule has 1 heterocycles. The summed E-state index contributed by atoms with van der Waals surface area (Å²) < 4.78 is 1.86. The average Bonchev–Trinajstić information content (AvgIpc) is 2.98. The zero-order chi connectivity index (χ0) is 14.4. The van der Waals surface area contributed by atoms with Crippen molar-refractivity contribution < 1.29 is 4.79 Å². The highest BCUT2D eigenvalue weighted by Gasteiger charge is 2.10. The van der Waals surface area contributed by atoms with E-state index in [0.29, 0.717) is 5.56 Å². The van der Waals surface area contributed by atoms with Crippen molar-refractivity contribution in [2.45, 2.75) is 39.3 Å². The molecule has 0 atom stereocenters. The zero-order valence-electron chi connectivity index (χ0n) is 12.0. The molecule has 0 aliphatic carbocycles. The molecule has 20 heavy (non-hydrogen) atoms. The summed E-state index contributed by atoms with van der Waals surface area (Å²) in [7, 11) is 0. The molecule has 106 valence electrons. The molecule has 0 saturated heterocycles. The second-order valence-electron chi connectivity index (χ2n) is 4.89. The van der Waals surface area contributed by atoms with Crippen molar-refractivity contribution in [3.63, 3.8) is 0 Å². The van der Waals surface area contributed by atoms with Crippen LogP contribution in [-0.2, 0) is 6.54 Å². The van der Waals surface area contributed by atoms with Gasteiger partial charge in [-0.1, -0.05) is 26.0 Å². The van der Waals surface area contributed by atoms with Crippen LogP contribution in [0.1, 0.15) is 42.6 Å². The average molecular weight is 271 g/mol. The van der Waals surface area contributed by atoms with E-state index in [1.165, 1.54) is 0 Å². The summed E-state index contributed by atoms with van der Waals surface area (Å²) in [6, 6.07) is 9.85. The summed E-state index contributed by atoms with van der Waals surface area (Å²) in [5, 5.41) is 7.21. The van der Waals surface area contributed by atoms with Crippen LogP contribution in [0.3, 0.4) is 0 Å². The van der Waals surface area contributed by atoms with Crippen LogP contribution in [0.15, 0.2) is 42.7 Å². The van der Waals surface area contributed by atoms with Gasteiger partial charge in [-0.25, -0.2) is 0 Å². The molecule has 2 aromatic rings.